The summed E-state index contributed by atoms with van der Waals surface area (Å²) < 4.78 is 2.07. The zero-order valence-corrected chi connectivity index (χ0v) is 17.0. The molecule has 2 N–H and O–H groups in total. The maximum atomic E-state index is 11.9. The molecule has 3 rings (SSSR count). The highest BCUT2D eigenvalue weighted by molar-refractivity contribution is 7.09. The summed E-state index contributed by atoms with van der Waals surface area (Å²) in [5, 5.41) is 15.9. The predicted molar refractivity (Wildman–Crippen MR) is 111 cm³/mol. The normalized spacial score (nSPS) is 11.1. The molecule has 4 nitrogen and oxygen atoms in total. The van der Waals surface area contributed by atoms with Gasteiger partial charge in [0.2, 0.25) is 0 Å². The largest absolute Gasteiger partial charge is 0.478 e. The lowest BCUT2D eigenvalue weighted by Crippen LogP contribution is -2.18. The van der Waals surface area contributed by atoms with E-state index in [1.807, 2.05) is 44.2 Å². The van der Waals surface area contributed by atoms with Gasteiger partial charge in [-0.25, -0.2) is 4.79 Å². The monoisotopic (exact) mass is 402 g/mol. The van der Waals surface area contributed by atoms with Gasteiger partial charge in [-0.1, -0.05) is 29.8 Å². The molecule has 0 saturated carbocycles. The average molecular weight is 403 g/mol. The quantitative estimate of drug-likeness (QED) is 0.527. The van der Waals surface area contributed by atoms with Crippen molar-refractivity contribution in [3.63, 3.8) is 0 Å². The van der Waals surface area contributed by atoms with Crippen LogP contribution in [0.5, 0.6) is 0 Å². The van der Waals surface area contributed by atoms with Gasteiger partial charge in [0.15, 0.2) is 0 Å². The maximum absolute atomic E-state index is 11.9. The van der Waals surface area contributed by atoms with Crippen molar-refractivity contribution in [1.82, 2.24) is 9.88 Å². The lowest BCUT2D eigenvalue weighted by Gasteiger charge is -2.10. The number of rotatable bonds is 8. The molecule has 0 spiro atoms. The minimum absolute atomic E-state index is 0.407. The molecule has 142 valence electrons. The summed E-state index contributed by atoms with van der Waals surface area (Å²) in [5.74, 6) is -0.875. The molecule has 0 atom stereocenters. The van der Waals surface area contributed by atoms with Crippen molar-refractivity contribution >= 4 is 28.9 Å². The van der Waals surface area contributed by atoms with E-state index < -0.39 is 5.97 Å². The minimum Gasteiger partial charge on any atom is -0.478 e. The van der Waals surface area contributed by atoms with Crippen molar-refractivity contribution in [2.45, 2.75) is 33.4 Å². The van der Waals surface area contributed by atoms with Crippen LogP contribution in [0.2, 0.25) is 5.02 Å². The molecule has 6 heteroatoms. The topological polar surface area (TPSA) is 54.3 Å². The Labute approximate surface area is 168 Å². The number of nitrogens with one attached hydrogen (secondary N) is 1. The second kappa shape index (κ2) is 8.74. The van der Waals surface area contributed by atoms with Crippen molar-refractivity contribution in [3.8, 4) is 0 Å². The third kappa shape index (κ3) is 4.61. The Kier molecular flexibility index (Phi) is 6.37. The number of thiophene rings is 1. The van der Waals surface area contributed by atoms with Crippen LogP contribution in [0.3, 0.4) is 0 Å². The highest BCUT2D eigenvalue weighted by atomic mass is 35.5. The maximum Gasteiger partial charge on any atom is 0.337 e. The third-order valence-electron chi connectivity index (χ3n) is 4.81. The lowest BCUT2D eigenvalue weighted by molar-refractivity contribution is 0.0694. The average Bonchev–Trinajstić information content (AvgIpc) is 3.23. The van der Waals surface area contributed by atoms with Gasteiger partial charge in [0, 0.05) is 46.5 Å². The first-order valence-electron chi connectivity index (χ1n) is 8.86. The van der Waals surface area contributed by atoms with Crippen LogP contribution in [0.4, 0.5) is 0 Å². The number of aromatic nitrogens is 1. The first kappa shape index (κ1) is 19.7. The molecule has 0 saturated heterocycles. The van der Waals surface area contributed by atoms with Crippen LogP contribution < -0.4 is 5.32 Å². The Morgan fingerprint density at radius 3 is 2.56 bits per heavy atom. The number of nitrogens with zero attached hydrogens (tertiary/aromatic N) is 1. The van der Waals surface area contributed by atoms with E-state index in [1.54, 1.807) is 11.3 Å². The minimum atomic E-state index is -0.875. The van der Waals surface area contributed by atoms with E-state index in [-0.39, 0.29) is 0 Å². The van der Waals surface area contributed by atoms with Crippen LogP contribution in [0.25, 0.3) is 0 Å². The summed E-state index contributed by atoms with van der Waals surface area (Å²) in [6.45, 7) is 5.87. The molecule has 0 fully saturated rings. The summed E-state index contributed by atoms with van der Waals surface area (Å²) in [6, 6.07) is 11.8. The number of carboxylic acid groups (broad SMARTS) is 1. The molecule has 2 heterocycles. The molecular weight excluding hydrogens is 380 g/mol. The van der Waals surface area contributed by atoms with Crippen LogP contribution in [0, 0.1) is 13.8 Å². The zero-order chi connectivity index (χ0) is 19.4. The van der Waals surface area contributed by atoms with E-state index in [0.717, 1.165) is 35.5 Å². The number of halogens is 1. The van der Waals surface area contributed by atoms with E-state index in [9.17, 15) is 9.90 Å². The number of hydrogen-bond acceptors (Lipinski definition) is 3. The molecule has 3 aromatic rings. The molecule has 0 aliphatic heterocycles. The van der Waals surface area contributed by atoms with E-state index in [0.29, 0.717) is 23.7 Å². The summed E-state index contributed by atoms with van der Waals surface area (Å²) in [7, 11) is 0. The Bertz CT molecular complexity index is 915. The molecule has 0 unspecified atom stereocenters. The van der Waals surface area contributed by atoms with E-state index in [1.165, 1.54) is 4.88 Å². The van der Waals surface area contributed by atoms with Gasteiger partial charge in [0.25, 0.3) is 0 Å². The zero-order valence-electron chi connectivity index (χ0n) is 15.5. The Morgan fingerprint density at radius 2 is 1.93 bits per heavy atom. The SMILES string of the molecule is Cc1c(CNCCc2cccs2)c(C(=O)O)c(C)n1Cc1ccc(Cl)cc1. The fraction of sp³-hybridized carbons (Fsp3) is 0.286. The summed E-state index contributed by atoms with van der Waals surface area (Å²) in [6.07, 6.45) is 0.948. The van der Waals surface area contributed by atoms with Crippen molar-refractivity contribution in [2.75, 3.05) is 6.54 Å². The number of benzene rings is 1. The summed E-state index contributed by atoms with van der Waals surface area (Å²) in [4.78, 5) is 13.2. The van der Waals surface area contributed by atoms with E-state index in [2.05, 4.69) is 21.3 Å². The Balaban J connectivity index is 1.77. The van der Waals surface area contributed by atoms with Crippen LogP contribution >= 0.6 is 22.9 Å². The van der Waals surface area contributed by atoms with Crippen molar-refractivity contribution in [1.29, 1.82) is 0 Å². The van der Waals surface area contributed by atoms with Crippen molar-refractivity contribution in [2.24, 2.45) is 0 Å². The number of carbonyl (C=O) groups is 1. The molecule has 0 aliphatic carbocycles. The molecular formula is C21H23ClN2O2S. The van der Waals surface area contributed by atoms with E-state index in [4.69, 9.17) is 11.6 Å². The molecule has 0 aliphatic rings. The smallest absolute Gasteiger partial charge is 0.337 e. The second-order valence-corrected chi connectivity index (χ2v) is 8.02. The fourth-order valence-electron chi connectivity index (χ4n) is 3.34. The van der Waals surface area contributed by atoms with Crippen LogP contribution in [-0.2, 0) is 19.5 Å². The van der Waals surface area contributed by atoms with Crippen molar-refractivity contribution in [3.05, 3.63) is 79.8 Å². The number of carboxylic acids is 1. The number of aromatic carboxylic acids is 1. The molecule has 0 radical (unpaired) electrons. The van der Waals surface area contributed by atoms with Gasteiger partial charge in [-0.2, -0.15) is 0 Å². The van der Waals surface area contributed by atoms with Gasteiger partial charge in [0.1, 0.15) is 0 Å². The van der Waals surface area contributed by atoms with Gasteiger partial charge in [0.05, 0.1) is 5.56 Å². The fourth-order valence-corrected chi connectivity index (χ4v) is 4.17. The standard InChI is InChI=1S/C21H23ClN2O2S/c1-14-19(12-23-10-9-18-4-3-11-27-18)20(21(25)26)15(2)24(14)13-16-5-7-17(22)8-6-16/h3-8,11,23H,9-10,12-13H2,1-2H3,(H,25,26). The second-order valence-electron chi connectivity index (χ2n) is 6.55. The van der Waals surface area contributed by atoms with Crippen molar-refractivity contribution < 1.29 is 9.90 Å². The van der Waals surface area contributed by atoms with Crippen LogP contribution in [-0.4, -0.2) is 22.2 Å². The van der Waals surface area contributed by atoms with Gasteiger partial charge < -0.3 is 15.0 Å². The molecule has 27 heavy (non-hydrogen) atoms. The summed E-state index contributed by atoms with van der Waals surface area (Å²) >= 11 is 7.71. The van der Waals surface area contributed by atoms with Crippen LogP contribution in [0.15, 0.2) is 41.8 Å². The number of hydrogen-bond donors (Lipinski definition) is 2. The van der Waals surface area contributed by atoms with E-state index >= 15 is 0 Å². The van der Waals surface area contributed by atoms with Gasteiger partial charge in [-0.15, -0.1) is 11.3 Å². The van der Waals surface area contributed by atoms with Crippen LogP contribution in [0.1, 0.15) is 37.7 Å². The first-order valence-corrected chi connectivity index (χ1v) is 10.1. The lowest BCUT2D eigenvalue weighted by atomic mass is 10.1. The van der Waals surface area contributed by atoms with Gasteiger partial charge in [-0.3, -0.25) is 0 Å². The summed E-state index contributed by atoms with van der Waals surface area (Å²) in [5.41, 5.74) is 4.13. The molecule has 0 amide bonds. The highest BCUT2D eigenvalue weighted by Crippen LogP contribution is 2.24. The highest BCUT2D eigenvalue weighted by Gasteiger charge is 2.22. The predicted octanol–water partition coefficient (Wildman–Crippen LogP) is 4.90. The molecule has 2 aromatic heterocycles. The third-order valence-corrected chi connectivity index (χ3v) is 6.00. The Hall–Kier alpha value is -2.08. The van der Waals surface area contributed by atoms with Gasteiger partial charge >= 0.3 is 5.97 Å². The van der Waals surface area contributed by atoms with Gasteiger partial charge in [-0.05, 0) is 49.4 Å². The molecule has 0 bridgehead atoms. The molecule has 1 aromatic carbocycles. The Morgan fingerprint density at radius 1 is 1.19 bits per heavy atom. The first-order chi connectivity index (χ1) is 13.0.